The van der Waals surface area contributed by atoms with Crippen LogP contribution in [0, 0.1) is 0 Å². The number of hydrogen-bond acceptors (Lipinski definition) is 3. The van der Waals surface area contributed by atoms with Gasteiger partial charge in [0, 0.05) is 32.6 Å². The second-order valence-electron chi connectivity index (χ2n) is 5.09. The normalized spacial score (nSPS) is 19.2. The Bertz CT molecular complexity index is 242. The van der Waals surface area contributed by atoms with Gasteiger partial charge in [-0.25, -0.2) is 0 Å². The first kappa shape index (κ1) is 21.3. The highest BCUT2D eigenvalue weighted by molar-refractivity contribution is 5.85. The minimum atomic E-state index is 0. The molecule has 0 radical (unpaired) electrons. The van der Waals surface area contributed by atoms with Gasteiger partial charge in [0.1, 0.15) is 0 Å². The number of carbonyl (C=O) groups excluding carboxylic acids is 1. The van der Waals surface area contributed by atoms with Crippen LogP contribution in [0.4, 0.5) is 0 Å². The van der Waals surface area contributed by atoms with Gasteiger partial charge in [-0.1, -0.05) is 6.42 Å². The summed E-state index contributed by atoms with van der Waals surface area (Å²) < 4.78 is 0. The Kier molecular flexibility index (Phi) is 13.2. The van der Waals surface area contributed by atoms with Gasteiger partial charge in [0.2, 0.25) is 5.91 Å². The van der Waals surface area contributed by atoms with Crippen LogP contribution < -0.4 is 5.32 Å². The lowest BCUT2D eigenvalue weighted by molar-refractivity contribution is -0.130. The van der Waals surface area contributed by atoms with Crippen molar-refractivity contribution in [1.82, 2.24) is 15.1 Å². The van der Waals surface area contributed by atoms with E-state index in [0.29, 0.717) is 12.5 Å². The molecule has 0 aromatic rings. The zero-order valence-corrected chi connectivity index (χ0v) is 14.0. The second kappa shape index (κ2) is 11.8. The Hall–Kier alpha value is -0.0300. The minimum Gasteiger partial charge on any atom is -0.346 e. The summed E-state index contributed by atoms with van der Waals surface area (Å²) in [6.45, 7) is 2.87. The maximum absolute atomic E-state index is 11.7. The van der Waals surface area contributed by atoms with Crippen LogP contribution in [0.1, 0.15) is 32.1 Å². The summed E-state index contributed by atoms with van der Waals surface area (Å²) in [4.78, 5) is 16.0. The first-order valence-corrected chi connectivity index (χ1v) is 6.74. The molecule has 6 heteroatoms. The zero-order chi connectivity index (χ0) is 12.7. The van der Waals surface area contributed by atoms with E-state index in [1.165, 1.54) is 25.8 Å². The number of carbonyl (C=O) groups is 1. The molecule has 1 fully saturated rings. The third-order valence-corrected chi connectivity index (χ3v) is 3.73. The van der Waals surface area contributed by atoms with Crippen molar-refractivity contribution in [2.75, 3.05) is 40.8 Å². The number of hydrogen-bond donors (Lipinski definition) is 1. The number of amides is 1. The van der Waals surface area contributed by atoms with Gasteiger partial charge in [-0.3, -0.25) is 4.79 Å². The number of piperidine rings is 1. The summed E-state index contributed by atoms with van der Waals surface area (Å²) in [5, 5.41) is 3.01. The SMILES string of the molecule is CNCCC(=O)N(C)CCC1CCCCN1C.Cl.Cl. The van der Waals surface area contributed by atoms with Crippen LogP contribution >= 0.6 is 24.8 Å². The van der Waals surface area contributed by atoms with Crippen molar-refractivity contribution < 1.29 is 4.79 Å². The molecule has 0 aromatic heterocycles. The van der Waals surface area contributed by atoms with E-state index in [0.717, 1.165) is 19.5 Å². The van der Waals surface area contributed by atoms with E-state index in [-0.39, 0.29) is 30.7 Å². The summed E-state index contributed by atoms with van der Waals surface area (Å²) in [7, 11) is 6.00. The highest BCUT2D eigenvalue weighted by atomic mass is 35.5. The van der Waals surface area contributed by atoms with E-state index in [1.807, 2.05) is 19.0 Å². The van der Waals surface area contributed by atoms with Crippen LogP contribution in [-0.2, 0) is 4.79 Å². The molecule has 0 spiro atoms. The van der Waals surface area contributed by atoms with Crippen molar-refractivity contribution in [2.24, 2.45) is 0 Å². The Morgan fingerprint density at radius 2 is 2.05 bits per heavy atom. The molecule has 0 bridgehead atoms. The third kappa shape index (κ3) is 7.98. The fourth-order valence-corrected chi connectivity index (χ4v) is 2.40. The van der Waals surface area contributed by atoms with Crippen molar-refractivity contribution in [3.8, 4) is 0 Å². The lowest BCUT2D eigenvalue weighted by Gasteiger charge is -2.33. The Labute approximate surface area is 130 Å². The molecular weight excluding hydrogens is 285 g/mol. The number of nitrogens with zero attached hydrogens (tertiary/aromatic N) is 2. The molecule has 1 atom stereocenters. The molecule has 1 rings (SSSR count). The first-order valence-electron chi connectivity index (χ1n) is 6.74. The summed E-state index contributed by atoms with van der Waals surface area (Å²) in [6, 6.07) is 0.670. The van der Waals surface area contributed by atoms with Crippen molar-refractivity contribution in [3.05, 3.63) is 0 Å². The number of nitrogens with one attached hydrogen (secondary N) is 1. The molecule has 1 aliphatic heterocycles. The highest BCUT2D eigenvalue weighted by Gasteiger charge is 2.19. The van der Waals surface area contributed by atoms with E-state index in [1.54, 1.807) is 0 Å². The molecule has 1 unspecified atom stereocenters. The van der Waals surface area contributed by atoms with E-state index in [4.69, 9.17) is 0 Å². The topological polar surface area (TPSA) is 35.6 Å². The third-order valence-electron chi connectivity index (χ3n) is 3.73. The summed E-state index contributed by atoms with van der Waals surface area (Å²) in [5.41, 5.74) is 0. The van der Waals surface area contributed by atoms with E-state index in [9.17, 15) is 4.79 Å². The number of halogens is 2. The van der Waals surface area contributed by atoms with Crippen LogP contribution in [0.3, 0.4) is 0 Å². The fraction of sp³-hybridized carbons (Fsp3) is 0.923. The average molecular weight is 314 g/mol. The molecule has 116 valence electrons. The molecule has 1 aliphatic rings. The average Bonchev–Trinajstić information content (AvgIpc) is 2.34. The lowest BCUT2D eigenvalue weighted by Crippen LogP contribution is -2.39. The molecule has 19 heavy (non-hydrogen) atoms. The fourth-order valence-electron chi connectivity index (χ4n) is 2.40. The molecule has 1 saturated heterocycles. The summed E-state index contributed by atoms with van der Waals surface area (Å²) >= 11 is 0. The second-order valence-corrected chi connectivity index (χ2v) is 5.09. The van der Waals surface area contributed by atoms with Gasteiger partial charge < -0.3 is 15.1 Å². The van der Waals surface area contributed by atoms with Crippen LogP contribution in [0.2, 0.25) is 0 Å². The van der Waals surface area contributed by atoms with Gasteiger partial charge in [0.05, 0.1) is 0 Å². The number of likely N-dealkylation sites (tertiary alicyclic amines) is 1. The van der Waals surface area contributed by atoms with Gasteiger partial charge in [0.15, 0.2) is 0 Å². The van der Waals surface area contributed by atoms with Crippen LogP contribution in [0.15, 0.2) is 0 Å². The Balaban J connectivity index is 0. The van der Waals surface area contributed by atoms with Crippen molar-refractivity contribution >= 4 is 30.7 Å². The summed E-state index contributed by atoms with van der Waals surface area (Å²) in [5.74, 6) is 0.248. The van der Waals surface area contributed by atoms with Gasteiger partial charge in [-0.05, 0) is 39.9 Å². The Morgan fingerprint density at radius 1 is 1.37 bits per heavy atom. The molecule has 0 aromatic carbocycles. The molecule has 1 amide bonds. The minimum absolute atomic E-state index is 0. The highest BCUT2D eigenvalue weighted by Crippen LogP contribution is 2.17. The van der Waals surface area contributed by atoms with Gasteiger partial charge >= 0.3 is 0 Å². The van der Waals surface area contributed by atoms with Gasteiger partial charge in [-0.2, -0.15) is 0 Å². The predicted octanol–water partition coefficient (Wildman–Crippen LogP) is 1.77. The quantitative estimate of drug-likeness (QED) is 0.812. The lowest BCUT2D eigenvalue weighted by atomic mass is 10.00. The molecule has 0 aliphatic carbocycles. The molecule has 1 N–H and O–H groups in total. The zero-order valence-electron chi connectivity index (χ0n) is 12.4. The smallest absolute Gasteiger partial charge is 0.223 e. The summed E-state index contributed by atoms with van der Waals surface area (Å²) in [6.07, 6.45) is 5.66. The maximum atomic E-state index is 11.7. The van der Waals surface area contributed by atoms with Crippen LogP contribution in [-0.4, -0.2) is 62.5 Å². The maximum Gasteiger partial charge on any atom is 0.223 e. The standard InChI is InChI=1S/C13H27N3O.2ClH/c1-14-9-7-13(17)16(3)11-8-12-6-4-5-10-15(12)2;;/h12,14H,4-11H2,1-3H3;2*1H. The monoisotopic (exact) mass is 313 g/mol. The van der Waals surface area contributed by atoms with E-state index < -0.39 is 0 Å². The first-order chi connectivity index (χ1) is 8.15. The molecule has 1 heterocycles. The molecule has 4 nitrogen and oxygen atoms in total. The van der Waals surface area contributed by atoms with Crippen LogP contribution in [0.25, 0.3) is 0 Å². The van der Waals surface area contributed by atoms with Crippen molar-refractivity contribution in [3.63, 3.8) is 0 Å². The van der Waals surface area contributed by atoms with Gasteiger partial charge in [-0.15, -0.1) is 24.8 Å². The van der Waals surface area contributed by atoms with Crippen molar-refractivity contribution in [2.45, 2.75) is 38.1 Å². The predicted molar refractivity (Wildman–Crippen MR) is 85.6 cm³/mol. The van der Waals surface area contributed by atoms with Crippen LogP contribution in [0.5, 0.6) is 0 Å². The van der Waals surface area contributed by atoms with Crippen molar-refractivity contribution in [1.29, 1.82) is 0 Å². The van der Waals surface area contributed by atoms with E-state index >= 15 is 0 Å². The molecular formula is C13H29Cl2N3O. The number of rotatable bonds is 6. The van der Waals surface area contributed by atoms with Gasteiger partial charge in [0.25, 0.3) is 0 Å². The van der Waals surface area contributed by atoms with E-state index in [2.05, 4.69) is 17.3 Å². The largest absolute Gasteiger partial charge is 0.346 e. The molecule has 0 saturated carbocycles. The Morgan fingerprint density at radius 3 is 2.63 bits per heavy atom.